The van der Waals surface area contributed by atoms with Gasteiger partial charge in [-0.05, 0) is 44.5 Å². The zero-order valence-electron chi connectivity index (χ0n) is 13.9. The van der Waals surface area contributed by atoms with Crippen LogP contribution in [-0.2, 0) is 6.54 Å². The summed E-state index contributed by atoms with van der Waals surface area (Å²) in [7, 11) is 1.62. The van der Waals surface area contributed by atoms with Gasteiger partial charge in [0.05, 0.1) is 7.11 Å². The molecule has 0 bridgehead atoms. The Morgan fingerprint density at radius 2 is 1.87 bits per heavy atom. The highest BCUT2D eigenvalue weighted by molar-refractivity contribution is 5.92. The van der Waals surface area contributed by atoms with Crippen molar-refractivity contribution in [3.63, 3.8) is 0 Å². The van der Waals surface area contributed by atoms with Gasteiger partial charge in [-0.3, -0.25) is 4.79 Å². The first-order chi connectivity index (χ1) is 10.9. The quantitative estimate of drug-likeness (QED) is 0.887. The molecule has 1 aromatic carbocycles. The number of ether oxygens (including phenoxy) is 1. The van der Waals surface area contributed by atoms with Crippen molar-refractivity contribution >= 4 is 11.9 Å². The third-order valence-corrected chi connectivity index (χ3v) is 2.99. The van der Waals surface area contributed by atoms with E-state index in [0.717, 1.165) is 11.3 Å². The Morgan fingerprint density at radius 1 is 1.17 bits per heavy atom. The minimum absolute atomic E-state index is 0.168. The SMILES string of the molecule is COc1ccc(CNC(=O)c2ccnc(NC(C)(C)C)n2)cc1. The number of aromatic nitrogens is 2. The van der Waals surface area contributed by atoms with Crippen molar-refractivity contribution in [2.75, 3.05) is 12.4 Å². The third kappa shape index (κ3) is 5.25. The summed E-state index contributed by atoms with van der Waals surface area (Å²) in [6, 6.07) is 9.13. The predicted molar refractivity (Wildman–Crippen MR) is 89.6 cm³/mol. The lowest BCUT2D eigenvalue weighted by atomic mass is 10.1. The summed E-state index contributed by atoms with van der Waals surface area (Å²) in [6.45, 7) is 6.45. The normalized spacial score (nSPS) is 11.0. The van der Waals surface area contributed by atoms with Crippen LogP contribution in [0, 0.1) is 0 Å². The molecule has 0 atom stereocenters. The van der Waals surface area contributed by atoms with Crippen LogP contribution in [0.5, 0.6) is 5.75 Å². The molecular formula is C17H22N4O2. The number of carbonyl (C=O) groups is 1. The molecule has 0 aliphatic rings. The number of nitrogens with one attached hydrogen (secondary N) is 2. The molecular weight excluding hydrogens is 292 g/mol. The van der Waals surface area contributed by atoms with Gasteiger partial charge in [0, 0.05) is 18.3 Å². The molecule has 1 amide bonds. The number of hydrogen-bond acceptors (Lipinski definition) is 5. The van der Waals surface area contributed by atoms with Crippen molar-refractivity contribution in [1.82, 2.24) is 15.3 Å². The van der Waals surface area contributed by atoms with Gasteiger partial charge in [-0.15, -0.1) is 0 Å². The Balaban J connectivity index is 1.98. The van der Waals surface area contributed by atoms with Crippen LogP contribution >= 0.6 is 0 Å². The molecule has 0 saturated carbocycles. The number of rotatable bonds is 5. The van der Waals surface area contributed by atoms with Gasteiger partial charge in [0.1, 0.15) is 11.4 Å². The Hall–Kier alpha value is -2.63. The average Bonchev–Trinajstić information content (AvgIpc) is 2.51. The van der Waals surface area contributed by atoms with Crippen molar-refractivity contribution in [3.05, 3.63) is 47.8 Å². The second-order valence-electron chi connectivity index (χ2n) is 6.17. The average molecular weight is 314 g/mol. The molecule has 0 unspecified atom stereocenters. The first-order valence-corrected chi connectivity index (χ1v) is 7.40. The van der Waals surface area contributed by atoms with E-state index in [1.165, 1.54) is 0 Å². The zero-order chi connectivity index (χ0) is 16.9. The van der Waals surface area contributed by atoms with Crippen LogP contribution in [0.2, 0.25) is 0 Å². The van der Waals surface area contributed by atoms with Gasteiger partial charge in [0.2, 0.25) is 5.95 Å². The zero-order valence-corrected chi connectivity index (χ0v) is 13.9. The summed E-state index contributed by atoms with van der Waals surface area (Å²) in [5.41, 5.74) is 1.15. The van der Waals surface area contributed by atoms with E-state index < -0.39 is 0 Å². The van der Waals surface area contributed by atoms with Gasteiger partial charge < -0.3 is 15.4 Å². The Kier molecular flexibility index (Phi) is 5.16. The van der Waals surface area contributed by atoms with Crippen molar-refractivity contribution < 1.29 is 9.53 Å². The molecule has 1 aromatic heterocycles. The second kappa shape index (κ2) is 7.09. The van der Waals surface area contributed by atoms with Gasteiger partial charge in [0.25, 0.3) is 5.91 Å². The van der Waals surface area contributed by atoms with Crippen LogP contribution in [-0.4, -0.2) is 28.5 Å². The van der Waals surface area contributed by atoms with E-state index in [1.807, 2.05) is 45.0 Å². The van der Waals surface area contributed by atoms with E-state index in [-0.39, 0.29) is 11.4 Å². The molecule has 2 N–H and O–H groups in total. The van der Waals surface area contributed by atoms with Crippen LogP contribution < -0.4 is 15.4 Å². The summed E-state index contributed by atoms with van der Waals surface area (Å²) in [5, 5.41) is 5.99. The summed E-state index contributed by atoms with van der Waals surface area (Å²) < 4.78 is 5.11. The minimum Gasteiger partial charge on any atom is -0.497 e. The number of anilines is 1. The molecule has 0 aliphatic heterocycles. The first kappa shape index (κ1) is 16.7. The number of hydrogen-bond donors (Lipinski definition) is 2. The van der Waals surface area contributed by atoms with Gasteiger partial charge in [0.15, 0.2) is 0 Å². The van der Waals surface area contributed by atoms with Crippen molar-refractivity contribution in [2.45, 2.75) is 32.9 Å². The molecule has 0 radical (unpaired) electrons. The van der Waals surface area contributed by atoms with Gasteiger partial charge in [-0.1, -0.05) is 12.1 Å². The van der Waals surface area contributed by atoms with Gasteiger partial charge in [-0.25, -0.2) is 9.97 Å². The number of amides is 1. The van der Waals surface area contributed by atoms with Crippen LogP contribution in [0.1, 0.15) is 36.8 Å². The third-order valence-electron chi connectivity index (χ3n) is 2.99. The topological polar surface area (TPSA) is 76.1 Å². The predicted octanol–water partition coefficient (Wildman–Crippen LogP) is 2.63. The molecule has 6 heteroatoms. The van der Waals surface area contributed by atoms with E-state index in [1.54, 1.807) is 19.4 Å². The summed E-state index contributed by atoms with van der Waals surface area (Å²) in [5.74, 6) is 0.989. The van der Waals surface area contributed by atoms with E-state index >= 15 is 0 Å². The molecule has 23 heavy (non-hydrogen) atoms. The molecule has 6 nitrogen and oxygen atoms in total. The van der Waals surface area contributed by atoms with Crippen LogP contribution in [0.15, 0.2) is 36.5 Å². The maximum absolute atomic E-state index is 12.2. The van der Waals surface area contributed by atoms with Crippen molar-refractivity contribution in [1.29, 1.82) is 0 Å². The summed E-state index contributed by atoms with van der Waals surface area (Å²) >= 11 is 0. The molecule has 0 spiro atoms. The lowest BCUT2D eigenvalue weighted by molar-refractivity contribution is 0.0946. The number of methoxy groups -OCH3 is 1. The maximum Gasteiger partial charge on any atom is 0.270 e. The highest BCUT2D eigenvalue weighted by Gasteiger charge is 2.13. The first-order valence-electron chi connectivity index (χ1n) is 7.40. The molecule has 0 aliphatic carbocycles. The Labute approximate surface area is 136 Å². The second-order valence-corrected chi connectivity index (χ2v) is 6.17. The molecule has 2 aromatic rings. The lowest BCUT2D eigenvalue weighted by Crippen LogP contribution is -2.29. The number of benzene rings is 1. The minimum atomic E-state index is -0.236. The van der Waals surface area contributed by atoms with Crippen LogP contribution in [0.25, 0.3) is 0 Å². The van der Waals surface area contributed by atoms with E-state index in [9.17, 15) is 4.79 Å². The Bertz CT molecular complexity index is 663. The molecule has 2 rings (SSSR count). The standard InChI is InChI=1S/C17H22N4O2/c1-17(2,3)21-16-18-10-9-14(20-16)15(22)19-11-12-5-7-13(23-4)8-6-12/h5-10H,11H2,1-4H3,(H,19,22)(H,18,20,21). The van der Waals surface area contributed by atoms with E-state index in [0.29, 0.717) is 18.2 Å². The monoisotopic (exact) mass is 314 g/mol. The Morgan fingerprint density at radius 3 is 2.48 bits per heavy atom. The highest BCUT2D eigenvalue weighted by Crippen LogP contribution is 2.12. The molecule has 0 fully saturated rings. The van der Waals surface area contributed by atoms with E-state index in [2.05, 4.69) is 20.6 Å². The summed E-state index contributed by atoms with van der Waals surface area (Å²) in [4.78, 5) is 20.6. The fourth-order valence-electron chi connectivity index (χ4n) is 1.90. The highest BCUT2D eigenvalue weighted by atomic mass is 16.5. The maximum atomic E-state index is 12.2. The van der Waals surface area contributed by atoms with Crippen LogP contribution in [0.3, 0.4) is 0 Å². The molecule has 0 saturated heterocycles. The molecule has 122 valence electrons. The molecule has 1 heterocycles. The fourth-order valence-corrected chi connectivity index (χ4v) is 1.90. The van der Waals surface area contributed by atoms with Crippen molar-refractivity contribution in [2.24, 2.45) is 0 Å². The van der Waals surface area contributed by atoms with E-state index in [4.69, 9.17) is 4.74 Å². The smallest absolute Gasteiger partial charge is 0.270 e. The van der Waals surface area contributed by atoms with Crippen molar-refractivity contribution in [3.8, 4) is 5.75 Å². The van der Waals surface area contributed by atoms with Gasteiger partial charge >= 0.3 is 0 Å². The van der Waals surface area contributed by atoms with Gasteiger partial charge in [-0.2, -0.15) is 0 Å². The summed E-state index contributed by atoms with van der Waals surface area (Å²) in [6.07, 6.45) is 1.57. The number of nitrogens with zero attached hydrogens (tertiary/aromatic N) is 2. The largest absolute Gasteiger partial charge is 0.497 e. The number of carbonyl (C=O) groups excluding carboxylic acids is 1. The fraction of sp³-hybridized carbons (Fsp3) is 0.353. The van der Waals surface area contributed by atoms with Crippen LogP contribution in [0.4, 0.5) is 5.95 Å². The lowest BCUT2D eigenvalue weighted by Gasteiger charge is -2.20.